The van der Waals surface area contributed by atoms with Crippen LogP contribution in [0.3, 0.4) is 0 Å². The maximum Gasteiger partial charge on any atom is 0.127 e. The number of aromatic amines is 1. The Balaban J connectivity index is 2.11. The number of benzene rings is 1. The number of rotatable bonds is 2. The lowest BCUT2D eigenvalue weighted by Gasteiger charge is -2.25. The van der Waals surface area contributed by atoms with Gasteiger partial charge < -0.3 is 10.3 Å². The highest BCUT2D eigenvalue weighted by Gasteiger charge is 2.36. The summed E-state index contributed by atoms with van der Waals surface area (Å²) >= 11 is 3.49. The Hall–Kier alpha value is -0.870. The van der Waals surface area contributed by atoms with Crippen LogP contribution in [0.1, 0.15) is 32.0 Å². The molecule has 0 aliphatic carbocycles. The molecule has 2 N–H and O–H groups in total. The van der Waals surface area contributed by atoms with Gasteiger partial charge in [-0.05, 0) is 44.0 Å². The molecule has 1 saturated heterocycles. The zero-order valence-electron chi connectivity index (χ0n) is 9.89. The van der Waals surface area contributed by atoms with Gasteiger partial charge in [0.25, 0.3) is 0 Å². The molecule has 1 unspecified atom stereocenters. The predicted octanol–water partition coefficient (Wildman–Crippen LogP) is 3.31. The van der Waals surface area contributed by atoms with Gasteiger partial charge in [-0.1, -0.05) is 22.9 Å². The molecule has 1 aliphatic heterocycles. The molecular formula is C13H16BrN3. The molecule has 17 heavy (non-hydrogen) atoms. The Morgan fingerprint density at radius 3 is 3.06 bits per heavy atom. The Kier molecular flexibility index (Phi) is 2.71. The first-order valence-corrected chi connectivity index (χ1v) is 6.93. The van der Waals surface area contributed by atoms with E-state index >= 15 is 0 Å². The Morgan fingerprint density at radius 1 is 1.47 bits per heavy atom. The Labute approximate surface area is 109 Å². The molecule has 2 aromatic rings. The molecule has 1 aliphatic rings. The molecule has 1 atom stereocenters. The fourth-order valence-corrected chi connectivity index (χ4v) is 3.05. The van der Waals surface area contributed by atoms with Crippen molar-refractivity contribution in [3.8, 4) is 0 Å². The average molecular weight is 294 g/mol. The van der Waals surface area contributed by atoms with Gasteiger partial charge in [-0.25, -0.2) is 4.98 Å². The lowest BCUT2D eigenvalue weighted by molar-refractivity contribution is 0.357. The van der Waals surface area contributed by atoms with Crippen LogP contribution in [0.2, 0.25) is 0 Å². The number of hydrogen-bond acceptors (Lipinski definition) is 2. The number of H-pyrrole nitrogens is 1. The van der Waals surface area contributed by atoms with Crippen molar-refractivity contribution in [2.75, 3.05) is 6.54 Å². The first-order valence-electron chi connectivity index (χ1n) is 6.14. The van der Waals surface area contributed by atoms with Crippen LogP contribution in [0, 0.1) is 0 Å². The maximum atomic E-state index is 4.74. The summed E-state index contributed by atoms with van der Waals surface area (Å²) in [7, 11) is 0. The van der Waals surface area contributed by atoms with Gasteiger partial charge >= 0.3 is 0 Å². The van der Waals surface area contributed by atoms with E-state index in [1.54, 1.807) is 0 Å². The fraction of sp³-hybridized carbons (Fsp3) is 0.462. The molecule has 0 radical (unpaired) electrons. The van der Waals surface area contributed by atoms with E-state index in [1.807, 2.05) is 6.07 Å². The van der Waals surface area contributed by atoms with Gasteiger partial charge in [0, 0.05) is 4.47 Å². The van der Waals surface area contributed by atoms with E-state index < -0.39 is 0 Å². The topological polar surface area (TPSA) is 40.7 Å². The van der Waals surface area contributed by atoms with Crippen LogP contribution in [-0.2, 0) is 5.54 Å². The molecule has 0 amide bonds. The number of fused-ring (bicyclic) bond motifs is 1. The molecule has 3 rings (SSSR count). The van der Waals surface area contributed by atoms with Crippen LogP contribution in [0.4, 0.5) is 0 Å². The second kappa shape index (κ2) is 4.10. The molecule has 1 aromatic carbocycles. The second-order valence-corrected chi connectivity index (χ2v) is 5.63. The minimum absolute atomic E-state index is 0.0610. The smallest absolute Gasteiger partial charge is 0.127 e. The quantitative estimate of drug-likeness (QED) is 0.892. The summed E-state index contributed by atoms with van der Waals surface area (Å²) in [5.74, 6) is 1.09. The fourth-order valence-electron chi connectivity index (χ4n) is 2.69. The third-order valence-electron chi connectivity index (χ3n) is 3.74. The largest absolute Gasteiger partial charge is 0.340 e. The van der Waals surface area contributed by atoms with E-state index in [2.05, 4.69) is 45.3 Å². The highest BCUT2D eigenvalue weighted by atomic mass is 79.9. The third kappa shape index (κ3) is 1.79. The molecule has 1 fully saturated rings. The molecule has 4 heteroatoms. The van der Waals surface area contributed by atoms with Crippen LogP contribution in [0.5, 0.6) is 0 Å². The van der Waals surface area contributed by atoms with Gasteiger partial charge in [0.2, 0.25) is 0 Å². The van der Waals surface area contributed by atoms with Crippen LogP contribution in [0.15, 0.2) is 22.7 Å². The normalized spacial score (nSPS) is 24.6. The summed E-state index contributed by atoms with van der Waals surface area (Å²) in [6.07, 6.45) is 3.48. The molecule has 1 aromatic heterocycles. The van der Waals surface area contributed by atoms with E-state index in [0.29, 0.717) is 0 Å². The van der Waals surface area contributed by atoms with E-state index in [1.165, 1.54) is 12.8 Å². The number of aromatic nitrogens is 2. The molecule has 3 nitrogen and oxygen atoms in total. The lowest BCUT2D eigenvalue weighted by Crippen LogP contribution is -2.37. The molecule has 0 bridgehead atoms. The van der Waals surface area contributed by atoms with Crippen molar-refractivity contribution in [2.24, 2.45) is 0 Å². The summed E-state index contributed by atoms with van der Waals surface area (Å²) in [5.41, 5.74) is 2.21. The molecule has 0 saturated carbocycles. The predicted molar refractivity (Wildman–Crippen MR) is 73.0 cm³/mol. The minimum Gasteiger partial charge on any atom is -0.340 e. The number of halogens is 1. The van der Waals surface area contributed by atoms with Gasteiger partial charge in [-0.3, -0.25) is 0 Å². The number of nitrogens with zero attached hydrogens (tertiary/aromatic N) is 1. The number of imidazole rings is 1. The van der Waals surface area contributed by atoms with Crippen molar-refractivity contribution >= 4 is 27.0 Å². The Morgan fingerprint density at radius 2 is 2.35 bits per heavy atom. The Bertz CT molecular complexity index is 541. The second-order valence-electron chi connectivity index (χ2n) is 4.71. The summed E-state index contributed by atoms with van der Waals surface area (Å²) in [6, 6.07) is 6.18. The molecular weight excluding hydrogens is 278 g/mol. The van der Waals surface area contributed by atoms with Gasteiger partial charge in [0.1, 0.15) is 5.82 Å². The summed E-state index contributed by atoms with van der Waals surface area (Å²) in [4.78, 5) is 8.21. The monoisotopic (exact) mass is 293 g/mol. The van der Waals surface area contributed by atoms with Gasteiger partial charge in [-0.2, -0.15) is 0 Å². The number of hydrogen-bond donors (Lipinski definition) is 2. The first kappa shape index (κ1) is 11.2. The number of nitrogens with one attached hydrogen (secondary N) is 2. The van der Waals surface area contributed by atoms with Gasteiger partial charge in [0.05, 0.1) is 16.6 Å². The van der Waals surface area contributed by atoms with Crippen molar-refractivity contribution < 1.29 is 0 Å². The van der Waals surface area contributed by atoms with E-state index in [4.69, 9.17) is 4.98 Å². The molecule has 90 valence electrons. The van der Waals surface area contributed by atoms with Crippen molar-refractivity contribution in [1.29, 1.82) is 0 Å². The summed E-state index contributed by atoms with van der Waals surface area (Å²) in [5, 5.41) is 3.61. The minimum atomic E-state index is 0.0610. The van der Waals surface area contributed by atoms with Crippen LogP contribution in [0.25, 0.3) is 11.0 Å². The summed E-state index contributed by atoms with van der Waals surface area (Å²) < 4.78 is 1.09. The van der Waals surface area contributed by atoms with E-state index in [-0.39, 0.29) is 5.54 Å². The zero-order chi connectivity index (χ0) is 11.9. The molecule has 2 heterocycles. The first-order chi connectivity index (χ1) is 8.23. The van der Waals surface area contributed by atoms with Gasteiger partial charge in [-0.15, -0.1) is 0 Å². The van der Waals surface area contributed by atoms with Crippen LogP contribution >= 0.6 is 15.9 Å². The van der Waals surface area contributed by atoms with Crippen molar-refractivity contribution in [2.45, 2.75) is 31.7 Å². The average Bonchev–Trinajstić information content (AvgIpc) is 2.94. The lowest BCUT2D eigenvalue weighted by atomic mass is 9.93. The SMILES string of the molecule is CCC1(c2nc3ccc(Br)cc3[nH]2)CCCN1. The van der Waals surface area contributed by atoms with Crippen molar-refractivity contribution in [1.82, 2.24) is 15.3 Å². The van der Waals surface area contributed by atoms with Crippen molar-refractivity contribution in [3.63, 3.8) is 0 Å². The van der Waals surface area contributed by atoms with E-state index in [9.17, 15) is 0 Å². The maximum absolute atomic E-state index is 4.74. The standard InChI is InChI=1S/C13H16BrN3/c1-2-13(6-3-7-15-13)12-16-10-5-4-9(14)8-11(10)17-12/h4-5,8,15H,2-3,6-7H2,1H3,(H,16,17). The highest BCUT2D eigenvalue weighted by molar-refractivity contribution is 9.10. The zero-order valence-corrected chi connectivity index (χ0v) is 11.5. The van der Waals surface area contributed by atoms with E-state index in [0.717, 1.165) is 34.3 Å². The summed E-state index contributed by atoms with van der Waals surface area (Å²) in [6.45, 7) is 3.32. The van der Waals surface area contributed by atoms with Crippen LogP contribution < -0.4 is 5.32 Å². The third-order valence-corrected chi connectivity index (χ3v) is 4.24. The molecule has 0 spiro atoms. The van der Waals surface area contributed by atoms with Crippen molar-refractivity contribution in [3.05, 3.63) is 28.5 Å². The van der Waals surface area contributed by atoms with Gasteiger partial charge in [0.15, 0.2) is 0 Å². The highest BCUT2D eigenvalue weighted by Crippen LogP contribution is 2.33. The van der Waals surface area contributed by atoms with Crippen LogP contribution in [-0.4, -0.2) is 16.5 Å².